The fourth-order valence-corrected chi connectivity index (χ4v) is 2.67. The first-order valence-electron chi connectivity index (χ1n) is 16.4. The summed E-state index contributed by atoms with van der Waals surface area (Å²) in [5, 5.41) is 3.10. The molecule has 1 unspecified atom stereocenters. The van der Waals surface area contributed by atoms with Crippen molar-refractivity contribution in [1.82, 2.24) is 0 Å². The molecule has 0 fully saturated rings. The lowest BCUT2D eigenvalue weighted by Gasteiger charge is -2.02. The lowest BCUT2D eigenvalue weighted by molar-refractivity contribution is 0.509. The summed E-state index contributed by atoms with van der Waals surface area (Å²) in [7, 11) is 1.93. The van der Waals surface area contributed by atoms with Gasteiger partial charge in [0.25, 0.3) is 0 Å². The number of benzene rings is 2. The van der Waals surface area contributed by atoms with Crippen molar-refractivity contribution < 1.29 is 0 Å². The zero-order chi connectivity index (χ0) is 32.2. The molecule has 0 aliphatic carbocycles. The van der Waals surface area contributed by atoms with Gasteiger partial charge in [-0.25, -0.2) is 0 Å². The van der Waals surface area contributed by atoms with E-state index in [0.717, 1.165) is 5.92 Å². The maximum absolute atomic E-state index is 3.79. The molecule has 0 radical (unpaired) electrons. The molecule has 0 heterocycles. The van der Waals surface area contributed by atoms with Crippen molar-refractivity contribution in [3.63, 3.8) is 0 Å². The van der Waals surface area contributed by atoms with Gasteiger partial charge in [-0.1, -0.05) is 173 Å². The van der Waals surface area contributed by atoms with Gasteiger partial charge in [0.05, 0.1) is 0 Å². The summed E-state index contributed by atoms with van der Waals surface area (Å²) in [6.45, 7) is 33.8. The van der Waals surface area contributed by atoms with Crippen molar-refractivity contribution in [2.45, 2.75) is 155 Å². The molecular weight excluding hydrogens is 482 g/mol. The fourth-order valence-electron chi connectivity index (χ4n) is 2.67. The molecule has 236 valence electrons. The molecule has 0 aliphatic heterocycles. The molecule has 0 aromatic heterocycles. The van der Waals surface area contributed by atoms with Crippen molar-refractivity contribution in [3.05, 3.63) is 77.4 Å². The summed E-state index contributed by atoms with van der Waals surface area (Å²) in [6, 6.07) is 16.7. The summed E-state index contributed by atoms with van der Waals surface area (Å²) in [6.07, 6.45) is 11.8. The molecule has 40 heavy (non-hydrogen) atoms. The van der Waals surface area contributed by atoms with Gasteiger partial charge in [-0.3, -0.25) is 0 Å². The maximum Gasteiger partial charge on any atom is 0.0367 e. The summed E-state index contributed by atoms with van der Waals surface area (Å²) in [4.78, 5) is 0. The van der Waals surface area contributed by atoms with Crippen molar-refractivity contribution in [2.24, 2.45) is 5.92 Å². The van der Waals surface area contributed by atoms with E-state index in [2.05, 4.69) is 131 Å². The SMILES string of the molecule is C=C(C)CCCC.CC.CCC.CCCC.CCCC(C)CC.CNc1ccccc1C.Cc1ccc(C)cc1. The Morgan fingerprint density at radius 3 is 1.35 bits per heavy atom. The van der Waals surface area contributed by atoms with Crippen LogP contribution >= 0.6 is 0 Å². The minimum atomic E-state index is 0.949. The molecule has 0 amide bonds. The Kier molecular flexibility index (Phi) is 49.5. The lowest BCUT2D eigenvalue weighted by Crippen LogP contribution is -1.89. The highest BCUT2D eigenvalue weighted by atomic mass is 14.8. The van der Waals surface area contributed by atoms with Gasteiger partial charge in [-0.15, -0.1) is 6.58 Å². The fraction of sp³-hybridized carbons (Fsp3) is 0.641. The molecule has 2 rings (SSSR count). The number of hydrogen-bond acceptors (Lipinski definition) is 1. The average Bonchev–Trinajstić information content (AvgIpc) is 2.96. The predicted molar refractivity (Wildman–Crippen MR) is 193 cm³/mol. The third-order valence-corrected chi connectivity index (χ3v) is 5.57. The van der Waals surface area contributed by atoms with Gasteiger partial charge in [-0.05, 0) is 58.1 Å². The van der Waals surface area contributed by atoms with Crippen LogP contribution in [0.25, 0.3) is 0 Å². The largest absolute Gasteiger partial charge is 0.388 e. The highest BCUT2D eigenvalue weighted by Crippen LogP contribution is 2.11. The van der Waals surface area contributed by atoms with Gasteiger partial charge < -0.3 is 5.32 Å². The first kappa shape index (κ1) is 47.8. The van der Waals surface area contributed by atoms with Gasteiger partial charge in [0.2, 0.25) is 0 Å². The molecule has 0 saturated heterocycles. The third-order valence-electron chi connectivity index (χ3n) is 5.57. The quantitative estimate of drug-likeness (QED) is 0.318. The molecular formula is C39H75N. The van der Waals surface area contributed by atoms with E-state index in [0.29, 0.717) is 0 Å². The van der Waals surface area contributed by atoms with Gasteiger partial charge in [-0.2, -0.15) is 0 Å². The van der Waals surface area contributed by atoms with Crippen LogP contribution in [0.3, 0.4) is 0 Å². The monoisotopic (exact) mass is 558 g/mol. The number of unbranched alkanes of at least 4 members (excludes halogenated alkanes) is 2. The second kappa shape index (κ2) is 41.5. The minimum Gasteiger partial charge on any atom is -0.388 e. The molecule has 0 spiro atoms. The molecule has 0 aliphatic rings. The summed E-state index contributed by atoms with van der Waals surface area (Å²) in [5.74, 6) is 0.949. The van der Waals surface area contributed by atoms with Crippen molar-refractivity contribution in [3.8, 4) is 0 Å². The molecule has 1 atom stereocenters. The van der Waals surface area contributed by atoms with E-state index in [4.69, 9.17) is 0 Å². The Bertz CT molecular complexity index is 676. The Balaban J connectivity index is -0.000000125. The van der Waals surface area contributed by atoms with Crippen LogP contribution in [0.4, 0.5) is 5.69 Å². The van der Waals surface area contributed by atoms with E-state index in [9.17, 15) is 0 Å². The normalized spacial score (nSPS) is 9.28. The van der Waals surface area contributed by atoms with Crippen LogP contribution in [-0.4, -0.2) is 7.05 Å². The van der Waals surface area contributed by atoms with E-state index in [1.807, 2.05) is 33.0 Å². The summed E-state index contributed by atoms with van der Waals surface area (Å²) in [5.41, 5.74) is 6.46. The zero-order valence-corrected chi connectivity index (χ0v) is 30.3. The van der Waals surface area contributed by atoms with E-state index >= 15 is 0 Å². The smallest absolute Gasteiger partial charge is 0.0367 e. The van der Waals surface area contributed by atoms with Crippen molar-refractivity contribution >= 4 is 5.69 Å². The number of allylic oxidation sites excluding steroid dienone is 1. The van der Waals surface area contributed by atoms with Crippen LogP contribution in [-0.2, 0) is 0 Å². The molecule has 1 heteroatoms. The molecule has 0 saturated carbocycles. The van der Waals surface area contributed by atoms with E-state index in [1.165, 1.54) is 85.7 Å². The number of aryl methyl sites for hydroxylation is 3. The average molecular weight is 558 g/mol. The van der Waals surface area contributed by atoms with Gasteiger partial charge in [0.1, 0.15) is 0 Å². The van der Waals surface area contributed by atoms with Crippen LogP contribution in [0.1, 0.15) is 151 Å². The third kappa shape index (κ3) is 45.9. The Labute approximate surface area is 255 Å². The zero-order valence-electron chi connectivity index (χ0n) is 30.3. The number of anilines is 1. The number of rotatable bonds is 8. The number of hydrogen-bond donors (Lipinski definition) is 1. The highest BCUT2D eigenvalue weighted by molar-refractivity contribution is 5.49. The topological polar surface area (TPSA) is 12.0 Å². The highest BCUT2D eigenvalue weighted by Gasteiger charge is 1.92. The standard InChI is InChI=1S/C8H11N.C8H10.C7H14.C7H16.C4H10.C3H8.C2H6/c1-7-5-3-4-6-8(7)9-2;1-7-3-5-8(2)6-4-7;1-4-5-6-7(2)3;1-4-6-7(3)5-2;1-3-4-2;1-3-2;1-2/h3-6,9H,1-2H3;3-6H,1-2H3;2,4-6H2,1,3H3;7H,4-6H2,1-3H3;3-4H2,1-2H3;3H2,1-2H3;1-2H3. The molecule has 0 bridgehead atoms. The number of para-hydroxylation sites is 1. The van der Waals surface area contributed by atoms with Gasteiger partial charge >= 0.3 is 0 Å². The minimum absolute atomic E-state index is 0.949. The van der Waals surface area contributed by atoms with Gasteiger partial charge in [0.15, 0.2) is 0 Å². The van der Waals surface area contributed by atoms with Crippen LogP contribution < -0.4 is 5.32 Å². The van der Waals surface area contributed by atoms with E-state index < -0.39 is 0 Å². The summed E-state index contributed by atoms with van der Waals surface area (Å²) < 4.78 is 0. The molecule has 1 nitrogen and oxygen atoms in total. The predicted octanol–water partition coefficient (Wildman–Crippen LogP) is 14.2. The Morgan fingerprint density at radius 1 is 0.725 bits per heavy atom. The van der Waals surface area contributed by atoms with E-state index in [-0.39, 0.29) is 0 Å². The Morgan fingerprint density at radius 2 is 1.15 bits per heavy atom. The first-order valence-corrected chi connectivity index (χ1v) is 16.4. The van der Waals surface area contributed by atoms with Crippen LogP contribution in [0.5, 0.6) is 0 Å². The molecule has 2 aromatic carbocycles. The number of nitrogens with one attached hydrogen (secondary N) is 1. The van der Waals surface area contributed by atoms with Gasteiger partial charge in [0, 0.05) is 12.7 Å². The first-order chi connectivity index (χ1) is 19.0. The molecule has 2 aromatic rings. The second-order valence-corrected chi connectivity index (χ2v) is 10.3. The second-order valence-electron chi connectivity index (χ2n) is 10.3. The maximum atomic E-state index is 3.79. The van der Waals surface area contributed by atoms with Crippen LogP contribution in [0, 0.1) is 26.7 Å². The van der Waals surface area contributed by atoms with Crippen molar-refractivity contribution in [1.29, 1.82) is 0 Å². The van der Waals surface area contributed by atoms with E-state index in [1.54, 1.807) is 0 Å². The summed E-state index contributed by atoms with van der Waals surface area (Å²) >= 11 is 0. The molecule has 1 N–H and O–H groups in total. The van der Waals surface area contributed by atoms with Crippen LogP contribution in [0.2, 0.25) is 0 Å². The van der Waals surface area contributed by atoms with Crippen molar-refractivity contribution in [2.75, 3.05) is 12.4 Å². The van der Waals surface area contributed by atoms with Crippen LogP contribution in [0.15, 0.2) is 60.7 Å². The lowest BCUT2D eigenvalue weighted by atomic mass is 10.0. The Hall–Kier alpha value is -2.02.